The second kappa shape index (κ2) is 9.52. The van der Waals surface area contributed by atoms with Crippen LogP contribution < -0.4 is 5.32 Å². The number of aryl methyl sites for hydroxylation is 1. The van der Waals surface area contributed by atoms with Gasteiger partial charge in [-0.05, 0) is 43.5 Å². The molecule has 1 N–H and O–H groups in total. The van der Waals surface area contributed by atoms with Gasteiger partial charge in [-0.25, -0.2) is 12.7 Å². The highest BCUT2D eigenvalue weighted by atomic mass is 32.2. The van der Waals surface area contributed by atoms with E-state index in [1.54, 1.807) is 13.0 Å². The molecule has 1 aliphatic rings. The number of nitrogens with zero attached hydrogens (tertiary/aromatic N) is 2. The quantitative estimate of drug-likeness (QED) is 0.654. The highest BCUT2D eigenvalue weighted by Crippen LogP contribution is 2.30. The highest BCUT2D eigenvalue weighted by molar-refractivity contribution is 7.90. The zero-order valence-electron chi connectivity index (χ0n) is 18.4. The first-order valence-corrected chi connectivity index (χ1v) is 11.9. The third kappa shape index (κ3) is 4.52. The summed E-state index contributed by atoms with van der Waals surface area (Å²) in [7, 11) is -4.13. The maximum absolute atomic E-state index is 13.3. The van der Waals surface area contributed by atoms with Crippen LogP contribution >= 0.6 is 0 Å². The maximum Gasteiger partial charge on any atom is 0.269 e. The fraction of sp³-hybridized carbons (Fsp3) is 0.348. The Balaban J connectivity index is 1.89. The van der Waals surface area contributed by atoms with Crippen LogP contribution in [0.1, 0.15) is 41.8 Å². The van der Waals surface area contributed by atoms with E-state index in [1.165, 1.54) is 23.1 Å². The van der Waals surface area contributed by atoms with Gasteiger partial charge in [-0.1, -0.05) is 43.3 Å². The molecule has 3 amide bonds. The molecule has 1 heterocycles. The number of amides is 3. The maximum atomic E-state index is 13.3. The molecule has 0 fully saturated rings. The van der Waals surface area contributed by atoms with Crippen molar-refractivity contribution in [3.8, 4) is 0 Å². The number of sulfonamides is 1. The van der Waals surface area contributed by atoms with E-state index in [0.29, 0.717) is 10.8 Å². The van der Waals surface area contributed by atoms with E-state index in [-0.39, 0.29) is 22.9 Å². The topological polar surface area (TPSA) is 104 Å². The molecule has 9 heteroatoms. The Bertz CT molecular complexity index is 1150. The van der Waals surface area contributed by atoms with Gasteiger partial charge in [-0.3, -0.25) is 14.4 Å². The van der Waals surface area contributed by atoms with Gasteiger partial charge in [0, 0.05) is 13.1 Å². The first-order chi connectivity index (χ1) is 15.2. The number of hydrogen-bond acceptors (Lipinski definition) is 5. The van der Waals surface area contributed by atoms with Crippen molar-refractivity contribution in [3.63, 3.8) is 0 Å². The lowest BCUT2D eigenvalue weighted by molar-refractivity contribution is -0.140. The molecule has 0 saturated heterocycles. The van der Waals surface area contributed by atoms with Crippen molar-refractivity contribution in [2.75, 3.05) is 13.1 Å². The van der Waals surface area contributed by atoms with Crippen LogP contribution in [-0.2, 0) is 26.2 Å². The molecular weight excluding hydrogens is 430 g/mol. The number of hydrogen-bond donors (Lipinski definition) is 1. The molecule has 0 bridgehead atoms. The summed E-state index contributed by atoms with van der Waals surface area (Å²) in [4.78, 5) is 39.9. The molecule has 0 radical (unpaired) electrons. The summed E-state index contributed by atoms with van der Waals surface area (Å²) in [6, 6.07) is 12.5. The second-order valence-corrected chi connectivity index (χ2v) is 9.56. The molecule has 0 unspecified atom stereocenters. The molecule has 32 heavy (non-hydrogen) atoms. The van der Waals surface area contributed by atoms with Crippen molar-refractivity contribution >= 4 is 27.7 Å². The Morgan fingerprint density at radius 3 is 2.41 bits per heavy atom. The summed E-state index contributed by atoms with van der Waals surface area (Å²) in [6.07, 6.45) is 0.739. The molecule has 3 rings (SSSR count). The number of rotatable bonds is 8. The van der Waals surface area contributed by atoms with Gasteiger partial charge in [0.25, 0.3) is 15.9 Å². The lowest BCUT2D eigenvalue weighted by Gasteiger charge is -2.30. The third-order valence-electron chi connectivity index (χ3n) is 5.51. The normalized spacial score (nSPS) is 15.2. The molecule has 2 aromatic rings. The van der Waals surface area contributed by atoms with Crippen LogP contribution in [0.3, 0.4) is 0 Å². The summed E-state index contributed by atoms with van der Waals surface area (Å²) < 4.78 is 26.3. The van der Waals surface area contributed by atoms with Crippen LogP contribution in [0.25, 0.3) is 0 Å². The average Bonchev–Trinajstić information content (AvgIpc) is 2.97. The van der Waals surface area contributed by atoms with E-state index in [2.05, 4.69) is 5.32 Å². The van der Waals surface area contributed by atoms with Crippen molar-refractivity contribution in [1.29, 1.82) is 0 Å². The molecule has 1 atom stereocenters. The first-order valence-electron chi connectivity index (χ1n) is 10.5. The molecule has 0 saturated carbocycles. The number of carbonyl (C=O) groups is 3. The number of carbonyl (C=O) groups excluding carboxylic acids is 3. The standard InChI is InChI=1S/C23H27N3O5S/c1-4-13-24-22(28)17(3)25(14-18-10-6-5-9-16(18)2)21(27)15-26-23(29)19-11-7-8-12-20(19)32(26,30)31/h5-12,17H,4,13-15H2,1-3H3,(H,24,28)/t17-/m1/s1. The van der Waals surface area contributed by atoms with Crippen LogP contribution in [0.15, 0.2) is 53.4 Å². The van der Waals surface area contributed by atoms with Crippen LogP contribution in [-0.4, -0.2) is 54.5 Å². The van der Waals surface area contributed by atoms with E-state index >= 15 is 0 Å². The van der Waals surface area contributed by atoms with Crippen LogP contribution in [0.2, 0.25) is 0 Å². The molecule has 0 aliphatic carbocycles. The highest BCUT2D eigenvalue weighted by Gasteiger charge is 2.43. The summed E-state index contributed by atoms with van der Waals surface area (Å²) in [5.41, 5.74) is 1.80. The molecule has 0 spiro atoms. The molecule has 1 aliphatic heterocycles. The van der Waals surface area contributed by atoms with Crippen molar-refractivity contribution in [2.24, 2.45) is 0 Å². The van der Waals surface area contributed by atoms with Gasteiger partial charge < -0.3 is 10.2 Å². The van der Waals surface area contributed by atoms with Crippen molar-refractivity contribution in [1.82, 2.24) is 14.5 Å². The zero-order valence-corrected chi connectivity index (χ0v) is 19.2. The van der Waals surface area contributed by atoms with Gasteiger partial charge in [0.05, 0.1) is 5.56 Å². The number of nitrogens with one attached hydrogen (secondary N) is 1. The van der Waals surface area contributed by atoms with Crippen molar-refractivity contribution in [2.45, 2.75) is 44.7 Å². The van der Waals surface area contributed by atoms with Crippen LogP contribution in [0.5, 0.6) is 0 Å². The fourth-order valence-corrected chi connectivity index (χ4v) is 5.07. The minimum Gasteiger partial charge on any atom is -0.354 e. The van der Waals surface area contributed by atoms with E-state index in [1.807, 2.05) is 38.1 Å². The minimum absolute atomic E-state index is 0.0412. The van der Waals surface area contributed by atoms with E-state index in [0.717, 1.165) is 17.5 Å². The first kappa shape index (κ1) is 23.5. The Morgan fingerprint density at radius 2 is 1.75 bits per heavy atom. The lowest BCUT2D eigenvalue weighted by Crippen LogP contribution is -2.51. The summed E-state index contributed by atoms with van der Waals surface area (Å²) >= 11 is 0. The Labute approximate surface area is 188 Å². The predicted octanol–water partition coefficient (Wildman–Crippen LogP) is 2.08. The summed E-state index contributed by atoms with van der Waals surface area (Å²) in [5, 5.41) is 2.77. The van der Waals surface area contributed by atoms with E-state index < -0.39 is 34.4 Å². The number of benzene rings is 2. The van der Waals surface area contributed by atoms with Gasteiger partial charge in [0.15, 0.2) is 0 Å². The molecule has 170 valence electrons. The largest absolute Gasteiger partial charge is 0.354 e. The second-order valence-electron chi connectivity index (χ2n) is 7.73. The van der Waals surface area contributed by atoms with Crippen LogP contribution in [0.4, 0.5) is 0 Å². The Hall–Kier alpha value is -3.20. The summed E-state index contributed by atoms with van der Waals surface area (Å²) in [5.74, 6) is -1.71. The van der Waals surface area contributed by atoms with Gasteiger partial charge in [0.1, 0.15) is 17.5 Å². The van der Waals surface area contributed by atoms with Crippen LogP contribution in [0, 0.1) is 6.92 Å². The van der Waals surface area contributed by atoms with Gasteiger partial charge >= 0.3 is 0 Å². The molecule has 2 aromatic carbocycles. The SMILES string of the molecule is CCCNC(=O)[C@@H](C)N(Cc1ccccc1C)C(=O)CN1C(=O)c2ccccc2S1(=O)=O. The molecule has 8 nitrogen and oxygen atoms in total. The monoisotopic (exact) mass is 457 g/mol. The van der Waals surface area contributed by atoms with E-state index in [9.17, 15) is 22.8 Å². The van der Waals surface area contributed by atoms with Crippen molar-refractivity contribution < 1.29 is 22.8 Å². The van der Waals surface area contributed by atoms with Crippen molar-refractivity contribution in [3.05, 3.63) is 65.2 Å². The molecule has 0 aromatic heterocycles. The number of fused-ring (bicyclic) bond motifs is 1. The lowest BCUT2D eigenvalue weighted by atomic mass is 10.1. The van der Waals surface area contributed by atoms with Gasteiger partial charge in [-0.15, -0.1) is 0 Å². The van der Waals surface area contributed by atoms with Gasteiger partial charge in [0.2, 0.25) is 11.8 Å². The average molecular weight is 458 g/mol. The fourth-order valence-electron chi connectivity index (χ4n) is 3.55. The zero-order chi connectivity index (χ0) is 23.5. The third-order valence-corrected chi connectivity index (χ3v) is 7.30. The van der Waals surface area contributed by atoms with E-state index in [4.69, 9.17) is 0 Å². The Kier molecular flexibility index (Phi) is 6.98. The molecular formula is C23H27N3O5S. The smallest absolute Gasteiger partial charge is 0.269 e. The van der Waals surface area contributed by atoms with Gasteiger partial charge in [-0.2, -0.15) is 0 Å². The minimum atomic E-state index is -4.13. The summed E-state index contributed by atoms with van der Waals surface area (Å²) in [6.45, 7) is 5.31. The predicted molar refractivity (Wildman–Crippen MR) is 119 cm³/mol. The Morgan fingerprint density at radius 1 is 1.09 bits per heavy atom.